The van der Waals surface area contributed by atoms with Crippen molar-refractivity contribution in [1.82, 2.24) is 10.3 Å². The van der Waals surface area contributed by atoms with Gasteiger partial charge in [0.2, 0.25) is 0 Å². The van der Waals surface area contributed by atoms with Gasteiger partial charge in [-0.25, -0.2) is 0 Å². The summed E-state index contributed by atoms with van der Waals surface area (Å²) in [7, 11) is 1.36. The maximum atomic E-state index is 10.9. The summed E-state index contributed by atoms with van der Waals surface area (Å²) in [6, 6.07) is 3.77. The van der Waals surface area contributed by atoms with Crippen LogP contribution in [0.5, 0.6) is 5.75 Å². The van der Waals surface area contributed by atoms with Gasteiger partial charge in [0, 0.05) is 6.54 Å². The summed E-state index contributed by atoms with van der Waals surface area (Å²) >= 11 is 0. The van der Waals surface area contributed by atoms with E-state index in [-0.39, 0.29) is 12.4 Å². The maximum absolute atomic E-state index is 10.9. The number of methoxy groups -OCH3 is 1. The molecule has 0 atom stereocenters. The summed E-state index contributed by atoms with van der Waals surface area (Å²) in [4.78, 5) is 15.1. The van der Waals surface area contributed by atoms with E-state index in [0.717, 1.165) is 25.2 Å². The van der Waals surface area contributed by atoms with Crippen LogP contribution < -0.4 is 10.1 Å². The van der Waals surface area contributed by atoms with E-state index in [1.54, 1.807) is 6.20 Å². The molecule has 0 radical (unpaired) electrons. The van der Waals surface area contributed by atoms with Gasteiger partial charge < -0.3 is 14.8 Å². The number of esters is 1. The van der Waals surface area contributed by atoms with Gasteiger partial charge in [0.15, 0.2) is 0 Å². The number of carbonyl (C=O) groups excluding carboxylic acids is 1. The van der Waals surface area contributed by atoms with Gasteiger partial charge in [-0.3, -0.25) is 9.78 Å². The van der Waals surface area contributed by atoms with Crippen molar-refractivity contribution in [2.24, 2.45) is 0 Å². The van der Waals surface area contributed by atoms with Gasteiger partial charge in [0.25, 0.3) is 0 Å². The normalized spacial score (nSPS) is 10.1. The Morgan fingerprint density at radius 3 is 2.89 bits per heavy atom. The van der Waals surface area contributed by atoms with Crippen molar-refractivity contribution < 1.29 is 14.3 Å². The molecule has 0 fully saturated rings. The van der Waals surface area contributed by atoms with Crippen molar-refractivity contribution in [2.75, 3.05) is 20.3 Å². The van der Waals surface area contributed by atoms with Crippen LogP contribution in [-0.2, 0) is 16.1 Å². The van der Waals surface area contributed by atoms with Gasteiger partial charge in [0.05, 0.1) is 32.0 Å². The predicted octanol–water partition coefficient (Wildman–Crippen LogP) is 1.52. The first-order valence-corrected chi connectivity index (χ1v) is 6.11. The number of aromatic nitrogens is 1. The van der Waals surface area contributed by atoms with E-state index >= 15 is 0 Å². The summed E-state index contributed by atoms with van der Waals surface area (Å²) in [5.74, 6) is 0.390. The zero-order chi connectivity index (χ0) is 13.2. The molecule has 1 rings (SSSR count). The van der Waals surface area contributed by atoms with Crippen LogP contribution in [0, 0.1) is 0 Å². The molecule has 0 aliphatic carbocycles. The Hall–Kier alpha value is -1.62. The summed E-state index contributed by atoms with van der Waals surface area (Å²) in [5.41, 5.74) is 0.976. The number of hydrogen-bond acceptors (Lipinski definition) is 5. The highest BCUT2D eigenvalue weighted by Crippen LogP contribution is 2.09. The third-order valence-electron chi connectivity index (χ3n) is 2.33. The molecule has 5 heteroatoms. The average molecular weight is 252 g/mol. The van der Waals surface area contributed by atoms with Crippen LogP contribution in [0.25, 0.3) is 0 Å². The van der Waals surface area contributed by atoms with Crippen LogP contribution in [0.3, 0.4) is 0 Å². The van der Waals surface area contributed by atoms with Crippen LogP contribution in [0.4, 0.5) is 0 Å². The average Bonchev–Trinajstić information content (AvgIpc) is 2.40. The lowest BCUT2D eigenvalue weighted by Gasteiger charge is -2.06. The van der Waals surface area contributed by atoms with E-state index in [2.05, 4.69) is 22.0 Å². The number of pyridine rings is 1. The van der Waals surface area contributed by atoms with Crippen molar-refractivity contribution in [3.05, 3.63) is 24.0 Å². The highest BCUT2D eigenvalue weighted by molar-refractivity contribution is 5.69. The molecule has 0 amide bonds. The largest absolute Gasteiger partial charge is 0.491 e. The molecule has 0 aromatic carbocycles. The van der Waals surface area contributed by atoms with E-state index in [1.807, 2.05) is 12.1 Å². The van der Waals surface area contributed by atoms with E-state index < -0.39 is 0 Å². The summed E-state index contributed by atoms with van der Waals surface area (Å²) in [5, 5.41) is 3.27. The molecule has 100 valence electrons. The van der Waals surface area contributed by atoms with Crippen LogP contribution in [-0.4, -0.2) is 31.2 Å². The fourth-order valence-electron chi connectivity index (χ4n) is 1.35. The van der Waals surface area contributed by atoms with Crippen molar-refractivity contribution >= 4 is 5.97 Å². The number of rotatable bonds is 8. The first kappa shape index (κ1) is 14.4. The van der Waals surface area contributed by atoms with Crippen LogP contribution >= 0.6 is 0 Å². The third kappa shape index (κ3) is 5.63. The number of nitrogens with one attached hydrogen (secondary N) is 1. The molecular weight excluding hydrogens is 232 g/mol. The smallest absolute Gasteiger partial charge is 0.308 e. The van der Waals surface area contributed by atoms with E-state index in [0.29, 0.717) is 12.4 Å². The van der Waals surface area contributed by atoms with Crippen molar-refractivity contribution in [3.63, 3.8) is 0 Å². The Kier molecular flexibility index (Phi) is 6.79. The second-order valence-electron chi connectivity index (χ2n) is 3.84. The lowest BCUT2D eigenvalue weighted by Crippen LogP contribution is -2.14. The van der Waals surface area contributed by atoms with Gasteiger partial charge in [-0.05, 0) is 25.1 Å². The lowest BCUT2D eigenvalue weighted by molar-refractivity contribution is -0.141. The summed E-state index contributed by atoms with van der Waals surface area (Å²) in [6.07, 6.45) is 3.02. The minimum Gasteiger partial charge on any atom is -0.491 e. The quantitative estimate of drug-likeness (QED) is 0.561. The number of hydrogen-bond donors (Lipinski definition) is 1. The van der Waals surface area contributed by atoms with E-state index in [9.17, 15) is 4.79 Å². The molecule has 0 bridgehead atoms. The zero-order valence-corrected chi connectivity index (χ0v) is 10.9. The maximum Gasteiger partial charge on any atom is 0.308 e. The standard InChI is InChI=1S/C13H20N2O3/c1-3-7-14-9-11-4-5-12(10-15-11)18-8-6-13(16)17-2/h4-5,10,14H,3,6-9H2,1-2H3. The third-order valence-corrected chi connectivity index (χ3v) is 2.33. The van der Waals surface area contributed by atoms with Gasteiger partial charge in [0.1, 0.15) is 5.75 Å². The molecular formula is C13H20N2O3. The number of ether oxygens (including phenoxy) is 2. The number of nitrogens with zero attached hydrogens (tertiary/aromatic N) is 1. The monoisotopic (exact) mass is 252 g/mol. The Labute approximate surface area is 108 Å². The molecule has 0 saturated carbocycles. The van der Waals surface area contributed by atoms with E-state index in [1.165, 1.54) is 7.11 Å². The molecule has 1 N–H and O–H groups in total. The molecule has 0 aliphatic rings. The molecule has 18 heavy (non-hydrogen) atoms. The van der Waals surface area contributed by atoms with Crippen LogP contribution in [0.1, 0.15) is 25.5 Å². The highest BCUT2D eigenvalue weighted by Gasteiger charge is 2.01. The Balaban J connectivity index is 2.29. The van der Waals surface area contributed by atoms with Crippen molar-refractivity contribution in [1.29, 1.82) is 0 Å². The molecule has 1 heterocycles. The van der Waals surface area contributed by atoms with Crippen molar-refractivity contribution in [2.45, 2.75) is 26.3 Å². The molecule has 5 nitrogen and oxygen atoms in total. The highest BCUT2D eigenvalue weighted by atomic mass is 16.5. The summed E-state index contributed by atoms with van der Waals surface area (Å²) in [6.45, 7) is 4.18. The fraction of sp³-hybridized carbons (Fsp3) is 0.538. The first-order valence-electron chi connectivity index (χ1n) is 6.11. The van der Waals surface area contributed by atoms with Gasteiger partial charge >= 0.3 is 5.97 Å². The van der Waals surface area contributed by atoms with Gasteiger partial charge in [-0.1, -0.05) is 6.92 Å². The second kappa shape index (κ2) is 8.47. The molecule has 0 unspecified atom stereocenters. The minimum absolute atomic E-state index is 0.246. The van der Waals surface area contributed by atoms with Crippen LogP contribution in [0.2, 0.25) is 0 Å². The molecule has 1 aromatic heterocycles. The fourth-order valence-corrected chi connectivity index (χ4v) is 1.35. The Morgan fingerprint density at radius 2 is 2.28 bits per heavy atom. The molecule has 0 aliphatic heterocycles. The predicted molar refractivity (Wildman–Crippen MR) is 68.4 cm³/mol. The summed E-state index contributed by atoms with van der Waals surface area (Å²) < 4.78 is 9.89. The van der Waals surface area contributed by atoms with E-state index in [4.69, 9.17) is 4.74 Å². The molecule has 0 saturated heterocycles. The first-order chi connectivity index (χ1) is 8.76. The van der Waals surface area contributed by atoms with Crippen molar-refractivity contribution in [3.8, 4) is 5.75 Å². The van der Waals surface area contributed by atoms with Crippen LogP contribution in [0.15, 0.2) is 18.3 Å². The lowest BCUT2D eigenvalue weighted by atomic mass is 10.3. The Bertz CT molecular complexity index is 352. The molecule has 0 spiro atoms. The minimum atomic E-state index is -0.275. The SMILES string of the molecule is CCCNCc1ccc(OCCC(=O)OC)cn1. The molecule has 1 aromatic rings. The second-order valence-corrected chi connectivity index (χ2v) is 3.84. The topological polar surface area (TPSA) is 60.5 Å². The zero-order valence-electron chi connectivity index (χ0n) is 10.9. The van der Waals surface area contributed by atoms with Gasteiger partial charge in [-0.15, -0.1) is 0 Å². The number of carbonyl (C=O) groups is 1. The Morgan fingerprint density at radius 1 is 1.44 bits per heavy atom. The van der Waals surface area contributed by atoms with Gasteiger partial charge in [-0.2, -0.15) is 0 Å².